The van der Waals surface area contributed by atoms with Crippen LogP contribution in [0.25, 0.3) is 0 Å². The van der Waals surface area contributed by atoms with Crippen LogP contribution in [0.1, 0.15) is 36.8 Å². The second kappa shape index (κ2) is 7.77. The molecule has 3 nitrogen and oxygen atoms in total. The van der Waals surface area contributed by atoms with E-state index in [1.165, 1.54) is 12.7 Å². The van der Waals surface area contributed by atoms with Gasteiger partial charge in [-0.2, -0.15) is 0 Å². The molecule has 1 aromatic carbocycles. The van der Waals surface area contributed by atoms with Gasteiger partial charge in [-0.25, -0.2) is 0 Å². The normalized spacial score (nSPS) is 16.6. The molecular formula is C18H24O3. The number of hydrogen-bond acceptors (Lipinski definition) is 3. The Kier molecular flexibility index (Phi) is 6.35. The quantitative estimate of drug-likeness (QED) is 0.630. The second-order valence-electron chi connectivity index (χ2n) is 5.47. The summed E-state index contributed by atoms with van der Waals surface area (Å²) in [5.74, 6) is 0.0732. The number of hydrogen-bond donors (Lipinski definition) is 0. The van der Waals surface area contributed by atoms with Gasteiger partial charge in [-0.05, 0) is 31.7 Å². The lowest BCUT2D eigenvalue weighted by atomic mass is 9.70. The molecule has 1 aromatic rings. The molecule has 0 unspecified atom stereocenters. The van der Waals surface area contributed by atoms with Gasteiger partial charge < -0.3 is 4.74 Å². The average Bonchev–Trinajstić information content (AvgIpc) is 2.53. The number of rotatable bonds is 3. The minimum absolute atomic E-state index is 0.180. The highest BCUT2D eigenvalue weighted by molar-refractivity contribution is 5.84. The molecular weight excluding hydrogens is 264 g/mol. The minimum atomic E-state index is -0.516. The van der Waals surface area contributed by atoms with Gasteiger partial charge in [-0.15, -0.1) is 13.2 Å². The second-order valence-corrected chi connectivity index (χ2v) is 5.47. The van der Waals surface area contributed by atoms with Gasteiger partial charge >= 0.3 is 5.97 Å². The lowest BCUT2D eigenvalue weighted by Gasteiger charge is -2.34. The number of aryl methyl sites for hydroxylation is 1. The number of benzene rings is 1. The molecule has 2 rings (SSSR count). The monoisotopic (exact) mass is 288 g/mol. The SMILES string of the molecule is C=C.COC(=O)C1(Cc2ccc(C)cc2)CCC(=O)CC1. The zero-order valence-corrected chi connectivity index (χ0v) is 13.0. The lowest BCUT2D eigenvalue weighted by molar-refractivity contribution is -0.155. The summed E-state index contributed by atoms with van der Waals surface area (Å²) in [5, 5.41) is 0. The number of carbonyl (C=O) groups excluding carboxylic acids is 2. The van der Waals surface area contributed by atoms with Crippen LogP contribution in [0.3, 0.4) is 0 Å². The van der Waals surface area contributed by atoms with Gasteiger partial charge in [0.05, 0.1) is 12.5 Å². The largest absolute Gasteiger partial charge is 0.469 e. The van der Waals surface area contributed by atoms with Gasteiger partial charge in [-0.3, -0.25) is 9.59 Å². The van der Waals surface area contributed by atoms with E-state index in [1.54, 1.807) is 0 Å². The minimum Gasteiger partial charge on any atom is -0.469 e. The molecule has 3 heteroatoms. The molecule has 0 aliphatic heterocycles. The van der Waals surface area contributed by atoms with Crippen molar-refractivity contribution in [3.8, 4) is 0 Å². The van der Waals surface area contributed by atoms with E-state index < -0.39 is 5.41 Å². The highest BCUT2D eigenvalue weighted by atomic mass is 16.5. The van der Waals surface area contributed by atoms with Crippen LogP contribution < -0.4 is 0 Å². The molecule has 1 aliphatic rings. The van der Waals surface area contributed by atoms with Crippen LogP contribution in [0.5, 0.6) is 0 Å². The van der Waals surface area contributed by atoms with Crippen molar-refractivity contribution in [2.75, 3.05) is 7.11 Å². The molecule has 0 radical (unpaired) electrons. The Labute approximate surface area is 127 Å². The first-order valence-corrected chi connectivity index (χ1v) is 7.21. The van der Waals surface area contributed by atoms with Crippen molar-refractivity contribution in [3.63, 3.8) is 0 Å². The molecule has 0 N–H and O–H groups in total. The Morgan fingerprint density at radius 2 is 1.71 bits per heavy atom. The summed E-state index contributed by atoms with van der Waals surface area (Å²) in [7, 11) is 1.43. The van der Waals surface area contributed by atoms with E-state index in [9.17, 15) is 9.59 Å². The summed E-state index contributed by atoms with van der Waals surface area (Å²) < 4.78 is 4.97. The summed E-state index contributed by atoms with van der Waals surface area (Å²) in [6.45, 7) is 8.04. The van der Waals surface area contributed by atoms with Crippen LogP contribution in [0.4, 0.5) is 0 Å². The maximum Gasteiger partial charge on any atom is 0.312 e. The highest BCUT2D eigenvalue weighted by Gasteiger charge is 2.42. The molecule has 114 valence electrons. The van der Waals surface area contributed by atoms with Crippen molar-refractivity contribution in [1.82, 2.24) is 0 Å². The zero-order valence-electron chi connectivity index (χ0n) is 13.0. The number of esters is 1. The van der Waals surface area contributed by atoms with E-state index >= 15 is 0 Å². The van der Waals surface area contributed by atoms with Crippen molar-refractivity contribution < 1.29 is 14.3 Å². The van der Waals surface area contributed by atoms with Gasteiger partial charge in [0.1, 0.15) is 5.78 Å². The Bertz CT molecular complexity index is 478. The van der Waals surface area contributed by atoms with Crippen LogP contribution >= 0.6 is 0 Å². The molecule has 0 saturated heterocycles. The number of carbonyl (C=O) groups is 2. The summed E-state index contributed by atoms with van der Waals surface area (Å²) >= 11 is 0. The van der Waals surface area contributed by atoms with E-state index in [0.717, 1.165) is 5.56 Å². The van der Waals surface area contributed by atoms with E-state index in [-0.39, 0.29) is 11.8 Å². The molecule has 0 spiro atoms. The van der Waals surface area contributed by atoms with Crippen molar-refractivity contribution in [3.05, 3.63) is 48.6 Å². The fourth-order valence-electron chi connectivity index (χ4n) is 2.77. The van der Waals surface area contributed by atoms with E-state index in [1.807, 2.05) is 19.1 Å². The summed E-state index contributed by atoms with van der Waals surface area (Å²) in [6.07, 6.45) is 2.84. The molecule has 0 aromatic heterocycles. The first kappa shape index (κ1) is 17.2. The van der Waals surface area contributed by atoms with Crippen LogP contribution in [-0.2, 0) is 20.7 Å². The van der Waals surface area contributed by atoms with Gasteiger partial charge in [0.2, 0.25) is 0 Å². The summed E-state index contributed by atoms with van der Waals surface area (Å²) in [5.41, 5.74) is 1.82. The topological polar surface area (TPSA) is 43.4 Å². The maximum atomic E-state index is 12.1. The van der Waals surface area contributed by atoms with Crippen LogP contribution in [0.2, 0.25) is 0 Å². The van der Waals surface area contributed by atoms with E-state index in [4.69, 9.17) is 4.74 Å². The lowest BCUT2D eigenvalue weighted by Crippen LogP contribution is -2.38. The third-order valence-corrected chi connectivity index (χ3v) is 4.05. The molecule has 0 heterocycles. The molecule has 21 heavy (non-hydrogen) atoms. The van der Waals surface area contributed by atoms with Gasteiger partial charge in [0.15, 0.2) is 0 Å². The third-order valence-electron chi connectivity index (χ3n) is 4.05. The van der Waals surface area contributed by atoms with E-state index in [2.05, 4.69) is 25.3 Å². The van der Waals surface area contributed by atoms with Crippen LogP contribution in [0.15, 0.2) is 37.4 Å². The first-order chi connectivity index (χ1) is 10.1. The van der Waals surface area contributed by atoms with Crippen molar-refractivity contribution >= 4 is 11.8 Å². The molecule has 1 aliphatic carbocycles. The highest BCUT2D eigenvalue weighted by Crippen LogP contribution is 2.39. The van der Waals surface area contributed by atoms with Crippen molar-refractivity contribution in [1.29, 1.82) is 0 Å². The van der Waals surface area contributed by atoms with Crippen LogP contribution in [0, 0.1) is 12.3 Å². The molecule has 0 amide bonds. The number of Topliss-reactive ketones (excluding diaryl/α,β-unsaturated/α-hetero) is 1. The molecule has 1 fully saturated rings. The fraction of sp³-hybridized carbons (Fsp3) is 0.444. The van der Waals surface area contributed by atoms with Gasteiger partial charge in [0.25, 0.3) is 0 Å². The average molecular weight is 288 g/mol. The Balaban J connectivity index is 0.00000106. The molecule has 1 saturated carbocycles. The first-order valence-electron chi connectivity index (χ1n) is 7.21. The van der Waals surface area contributed by atoms with Crippen molar-refractivity contribution in [2.45, 2.75) is 39.0 Å². The Morgan fingerprint density at radius 1 is 1.19 bits per heavy atom. The van der Waals surface area contributed by atoms with Crippen LogP contribution in [-0.4, -0.2) is 18.9 Å². The standard InChI is InChI=1S/C16H20O3.C2H4/c1-12-3-5-13(6-4-12)11-16(15(18)19-2)9-7-14(17)8-10-16;1-2/h3-6H,7-11H2,1-2H3;1-2H2. The number of methoxy groups -OCH3 is 1. The molecule has 0 bridgehead atoms. The summed E-state index contributed by atoms with van der Waals surface area (Å²) in [4.78, 5) is 23.5. The van der Waals surface area contributed by atoms with Crippen molar-refractivity contribution in [2.24, 2.45) is 5.41 Å². The fourth-order valence-corrected chi connectivity index (χ4v) is 2.77. The predicted octanol–water partition coefficient (Wildman–Crippen LogP) is 3.64. The summed E-state index contributed by atoms with van der Waals surface area (Å²) in [6, 6.07) is 8.20. The smallest absolute Gasteiger partial charge is 0.312 e. The number of ketones is 1. The van der Waals surface area contributed by atoms with E-state index in [0.29, 0.717) is 32.1 Å². The zero-order chi connectivity index (χ0) is 15.9. The number of ether oxygens (including phenoxy) is 1. The molecule has 0 atom stereocenters. The Hall–Kier alpha value is -1.90. The van der Waals surface area contributed by atoms with Gasteiger partial charge in [-0.1, -0.05) is 29.8 Å². The third kappa shape index (κ3) is 4.28. The van der Waals surface area contributed by atoms with Gasteiger partial charge in [0, 0.05) is 12.8 Å². The maximum absolute atomic E-state index is 12.1. The Morgan fingerprint density at radius 3 is 2.19 bits per heavy atom. The predicted molar refractivity (Wildman–Crippen MR) is 84.1 cm³/mol.